The second-order valence-electron chi connectivity index (χ2n) is 3.86. The Balaban J connectivity index is 2.00. The molecule has 0 spiro atoms. The number of thiophene rings is 1. The maximum atomic E-state index is 5.37. The molecule has 2 aromatic heterocycles. The standard InChI is InChI=1S/C13H16BrNOS/c1-2-15-12(13-11(14)7-9-17-13)6-5-10-4-3-8-16-10/h3-4,7-9,12,15H,2,5-6H2,1H3. The quantitative estimate of drug-likeness (QED) is 0.855. The first-order valence-electron chi connectivity index (χ1n) is 5.80. The zero-order valence-corrected chi connectivity index (χ0v) is 12.2. The summed E-state index contributed by atoms with van der Waals surface area (Å²) in [7, 11) is 0. The van der Waals surface area contributed by atoms with Gasteiger partial charge in [-0.3, -0.25) is 0 Å². The monoisotopic (exact) mass is 313 g/mol. The third-order valence-corrected chi connectivity index (χ3v) is 4.66. The molecule has 0 radical (unpaired) electrons. The van der Waals surface area contributed by atoms with E-state index in [-0.39, 0.29) is 0 Å². The van der Waals surface area contributed by atoms with Crippen LogP contribution < -0.4 is 5.32 Å². The van der Waals surface area contributed by atoms with Crippen LogP contribution in [0.15, 0.2) is 38.7 Å². The minimum atomic E-state index is 0.402. The lowest BCUT2D eigenvalue weighted by Crippen LogP contribution is -2.20. The van der Waals surface area contributed by atoms with Crippen molar-refractivity contribution in [2.24, 2.45) is 0 Å². The molecular weight excluding hydrogens is 298 g/mol. The molecule has 2 heterocycles. The highest BCUT2D eigenvalue weighted by atomic mass is 79.9. The molecule has 1 atom stereocenters. The molecule has 92 valence electrons. The van der Waals surface area contributed by atoms with Gasteiger partial charge in [0.05, 0.1) is 6.26 Å². The summed E-state index contributed by atoms with van der Waals surface area (Å²) in [5, 5.41) is 5.65. The normalized spacial score (nSPS) is 12.8. The van der Waals surface area contributed by atoms with Crippen molar-refractivity contribution in [1.29, 1.82) is 0 Å². The van der Waals surface area contributed by atoms with Crippen LogP contribution in [-0.4, -0.2) is 6.54 Å². The molecule has 0 aliphatic rings. The SMILES string of the molecule is CCNC(CCc1ccco1)c1sccc1Br. The first kappa shape index (κ1) is 12.9. The molecule has 4 heteroatoms. The minimum Gasteiger partial charge on any atom is -0.469 e. The molecule has 2 aromatic rings. The van der Waals surface area contributed by atoms with E-state index in [2.05, 4.69) is 39.6 Å². The van der Waals surface area contributed by atoms with Gasteiger partial charge in [-0.25, -0.2) is 0 Å². The molecule has 0 aliphatic carbocycles. The molecule has 0 amide bonds. The Hall–Kier alpha value is -0.580. The Morgan fingerprint density at radius 1 is 1.47 bits per heavy atom. The highest BCUT2D eigenvalue weighted by molar-refractivity contribution is 9.10. The number of nitrogens with one attached hydrogen (secondary N) is 1. The maximum Gasteiger partial charge on any atom is 0.103 e. The predicted octanol–water partition coefficient (Wildman–Crippen LogP) is 4.39. The minimum absolute atomic E-state index is 0.402. The number of aryl methyl sites for hydroxylation is 1. The Morgan fingerprint density at radius 3 is 2.94 bits per heavy atom. The fourth-order valence-electron chi connectivity index (χ4n) is 1.87. The molecule has 0 saturated carbocycles. The van der Waals surface area contributed by atoms with Gasteiger partial charge in [0.15, 0.2) is 0 Å². The van der Waals surface area contributed by atoms with Crippen LogP contribution in [0.5, 0.6) is 0 Å². The van der Waals surface area contributed by atoms with Crippen molar-refractivity contribution in [2.75, 3.05) is 6.54 Å². The highest BCUT2D eigenvalue weighted by Crippen LogP contribution is 2.31. The zero-order valence-electron chi connectivity index (χ0n) is 9.78. The largest absolute Gasteiger partial charge is 0.469 e. The maximum absolute atomic E-state index is 5.37. The second-order valence-corrected chi connectivity index (χ2v) is 5.66. The number of rotatable bonds is 6. The first-order valence-corrected chi connectivity index (χ1v) is 7.47. The van der Waals surface area contributed by atoms with Crippen LogP contribution in [0.3, 0.4) is 0 Å². The molecule has 2 rings (SSSR count). The van der Waals surface area contributed by atoms with Crippen LogP contribution in [0.2, 0.25) is 0 Å². The third kappa shape index (κ3) is 3.44. The van der Waals surface area contributed by atoms with Crippen molar-refractivity contribution in [3.8, 4) is 0 Å². The van der Waals surface area contributed by atoms with Crippen LogP contribution >= 0.6 is 27.3 Å². The van der Waals surface area contributed by atoms with Crippen molar-refractivity contribution in [2.45, 2.75) is 25.8 Å². The summed E-state index contributed by atoms with van der Waals surface area (Å²) >= 11 is 5.40. The first-order chi connectivity index (χ1) is 8.31. The van der Waals surface area contributed by atoms with Gasteiger partial charge in [-0.15, -0.1) is 11.3 Å². The van der Waals surface area contributed by atoms with Gasteiger partial charge in [0.25, 0.3) is 0 Å². The number of hydrogen-bond donors (Lipinski definition) is 1. The number of hydrogen-bond acceptors (Lipinski definition) is 3. The van der Waals surface area contributed by atoms with E-state index < -0.39 is 0 Å². The van der Waals surface area contributed by atoms with E-state index in [0.29, 0.717) is 6.04 Å². The van der Waals surface area contributed by atoms with E-state index in [0.717, 1.165) is 25.1 Å². The molecule has 0 bridgehead atoms. The Bertz CT molecular complexity index is 438. The average molecular weight is 314 g/mol. The molecule has 1 unspecified atom stereocenters. The Labute approximate surface area is 114 Å². The molecule has 0 aliphatic heterocycles. The lowest BCUT2D eigenvalue weighted by atomic mass is 10.1. The van der Waals surface area contributed by atoms with Crippen molar-refractivity contribution < 1.29 is 4.42 Å². The van der Waals surface area contributed by atoms with Gasteiger partial charge in [-0.2, -0.15) is 0 Å². The molecule has 0 saturated heterocycles. The lowest BCUT2D eigenvalue weighted by Gasteiger charge is -2.16. The molecule has 2 nitrogen and oxygen atoms in total. The highest BCUT2D eigenvalue weighted by Gasteiger charge is 2.15. The molecule has 17 heavy (non-hydrogen) atoms. The topological polar surface area (TPSA) is 25.2 Å². The summed E-state index contributed by atoms with van der Waals surface area (Å²) in [6, 6.07) is 6.49. The fourth-order valence-corrected chi connectivity index (χ4v) is 3.63. The Kier molecular flexibility index (Phi) is 4.83. The van der Waals surface area contributed by atoms with Gasteiger partial charge in [-0.1, -0.05) is 6.92 Å². The van der Waals surface area contributed by atoms with E-state index >= 15 is 0 Å². The van der Waals surface area contributed by atoms with Crippen LogP contribution in [0.25, 0.3) is 0 Å². The summed E-state index contributed by atoms with van der Waals surface area (Å²) in [4.78, 5) is 1.37. The van der Waals surface area contributed by atoms with Crippen molar-refractivity contribution >= 4 is 27.3 Å². The van der Waals surface area contributed by atoms with Crippen molar-refractivity contribution in [3.05, 3.63) is 45.0 Å². The van der Waals surface area contributed by atoms with Crippen LogP contribution in [0, 0.1) is 0 Å². The van der Waals surface area contributed by atoms with Gasteiger partial charge in [0.2, 0.25) is 0 Å². The summed E-state index contributed by atoms with van der Waals surface area (Å²) in [6.45, 7) is 3.12. The predicted molar refractivity (Wildman–Crippen MR) is 75.5 cm³/mol. The van der Waals surface area contributed by atoms with E-state index in [1.54, 1.807) is 17.6 Å². The smallest absolute Gasteiger partial charge is 0.103 e. The van der Waals surface area contributed by atoms with E-state index in [1.165, 1.54) is 9.35 Å². The van der Waals surface area contributed by atoms with E-state index in [4.69, 9.17) is 4.42 Å². The summed E-state index contributed by atoms with van der Waals surface area (Å²) in [5.41, 5.74) is 0. The van der Waals surface area contributed by atoms with Crippen molar-refractivity contribution in [1.82, 2.24) is 5.32 Å². The van der Waals surface area contributed by atoms with E-state index in [9.17, 15) is 0 Å². The van der Waals surface area contributed by atoms with Crippen LogP contribution in [0.4, 0.5) is 0 Å². The molecule has 0 fully saturated rings. The van der Waals surface area contributed by atoms with Crippen LogP contribution in [0.1, 0.15) is 30.0 Å². The second kappa shape index (κ2) is 6.38. The van der Waals surface area contributed by atoms with Gasteiger partial charge in [0.1, 0.15) is 5.76 Å². The van der Waals surface area contributed by atoms with Crippen LogP contribution in [-0.2, 0) is 6.42 Å². The third-order valence-electron chi connectivity index (χ3n) is 2.67. The molecule has 0 aromatic carbocycles. The van der Waals surface area contributed by atoms with Gasteiger partial charge in [-0.05, 0) is 52.5 Å². The number of furan rings is 1. The molecule has 1 N–H and O–H groups in total. The molecular formula is C13H16BrNOS. The Morgan fingerprint density at radius 2 is 2.35 bits per heavy atom. The summed E-state index contributed by atoms with van der Waals surface area (Å²) < 4.78 is 6.58. The van der Waals surface area contributed by atoms with Gasteiger partial charge >= 0.3 is 0 Å². The number of halogens is 1. The fraction of sp³-hybridized carbons (Fsp3) is 0.385. The zero-order chi connectivity index (χ0) is 12.1. The van der Waals surface area contributed by atoms with Crippen molar-refractivity contribution in [3.63, 3.8) is 0 Å². The van der Waals surface area contributed by atoms with Gasteiger partial charge in [0, 0.05) is 21.8 Å². The summed E-state index contributed by atoms with van der Waals surface area (Å²) in [5.74, 6) is 1.06. The lowest BCUT2D eigenvalue weighted by molar-refractivity contribution is 0.461. The summed E-state index contributed by atoms with van der Waals surface area (Å²) in [6.07, 6.45) is 3.76. The van der Waals surface area contributed by atoms with Gasteiger partial charge < -0.3 is 9.73 Å². The average Bonchev–Trinajstić information content (AvgIpc) is 2.95. The van der Waals surface area contributed by atoms with E-state index in [1.807, 2.05) is 12.1 Å².